The number of benzene rings is 2. The van der Waals surface area contributed by atoms with Crippen LogP contribution in [0.2, 0.25) is 0 Å². The Morgan fingerprint density at radius 3 is 2.48 bits per heavy atom. The summed E-state index contributed by atoms with van der Waals surface area (Å²) in [6.07, 6.45) is 0.752. The third kappa shape index (κ3) is 7.30. The van der Waals surface area contributed by atoms with Crippen LogP contribution in [0.1, 0.15) is 35.3 Å². The van der Waals surface area contributed by atoms with Gasteiger partial charge in [-0.15, -0.1) is 24.0 Å². The summed E-state index contributed by atoms with van der Waals surface area (Å²) < 4.78 is 14.1. The summed E-state index contributed by atoms with van der Waals surface area (Å²) >= 11 is 0. The van der Waals surface area contributed by atoms with Crippen LogP contribution in [-0.4, -0.2) is 39.1 Å². The van der Waals surface area contributed by atoms with Crippen LogP contribution in [0.25, 0.3) is 0 Å². The van der Waals surface area contributed by atoms with Gasteiger partial charge in [0.25, 0.3) is 5.91 Å². The predicted octanol–water partition coefficient (Wildman–Crippen LogP) is 3.49. The number of hydrogen-bond acceptors (Lipinski definition) is 2. The fourth-order valence-corrected chi connectivity index (χ4v) is 2.97. The van der Waals surface area contributed by atoms with E-state index in [1.165, 1.54) is 6.07 Å². The van der Waals surface area contributed by atoms with Gasteiger partial charge in [0.05, 0.1) is 0 Å². The second-order valence-corrected chi connectivity index (χ2v) is 7.25. The first-order chi connectivity index (χ1) is 13.4. The fraction of sp³-hybridized carbons (Fsp3) is 0.364. The molecule has 0 aliphatic rings. The Morgan fingerprint density at radius 2 is 1.83 bits per heavy atom. The van der Waals surface area contributed by atoms with Crippen LogP contribution in [0.4, 0.5) is 4.39 Å². The van der Waals surface area contributed by atoms with Gasteiger partial charge in [-0.1, -0.05) is 44.2 Å². The summed E-state index contributed by atoms with van der Waals surface area (Å²) in [6.45, 7) is 5.20. The summed E-state index contributed by atoms with van der Waals surface area (Å²) in [7, 11) is 3.33. The minimum Gasteiger partial charge on any atom is -0.356 e. The number of guanidine groups is 1. The number of halogens is 2. The Bertz CT molecular complexity index is 839. The molecule has 0 heterocycles. The van der Waals surface area contributed by atoms with Gasteiger partial charge in [0, 0.05) is 38.2 Å². The topological polar surface area (TPSA) is 65.5 Å². The number of amides is 1. The summed E-state index contributed by atoms with van der Waals surface area (Å²) in [4.78, 5) is 16.0. The molecule has 2 aromatic rings. The van der Waals surface area contributed by atoms with Crippen molar-refractivity contribution in [1.82, 2.24) is 16.0 Å². The molecule has 0 aromatic heterocycles. The maximum Gasteiger partial charge on any atom is 0.251 e. The third-order valence-corrected chi connectivity index (χ3v) is 4.65. The van der Waals surface area contributed by atoms with Crippen molar-refractivity contribution in [3.8, 4) is 0 Å². The summed E-state index contributed by atoms with van der Waals surface area (Å²) in [5, 5.41) is 9.16. The molecule has 0 fully saturated rings. The van der Waals surface area contributed by atoms with E-state index in [0.717, 1.165) is 12.0 Å². The lowest BCUT2D eigenvalue weighted by Crippen LogP contribution is -2.44. The standard InChI is InChI=1S/C22H29FN4O.HI/c1-22(2,18-10-5-6-11-19(18)23)15-27-21(25-4)26-13-12-16-8-7-9-17(14-16)20(28)24-3;/h5-11,14H,12-13,15H2,1-4H3,(H,24,28)(H2,25,26,27);1H. The lowest BCUT2D eigenvalue weighted by atomic mass is 9.84. The van der Waals surface area contributed by atoms with Gasteiger partial charge < -0.3 is 16.0 Å². The van der Waals surface area contributed by atoms with Crippen molar-refractivity contribution in [3.05, 3.63) is 71.0 Å². The van der Waals surface area contributed by atoms with E-state index < -0.39 is 0 Å². The first kappa shape index (κ1) is 24.9. The Morgan fingerprint density at radius 1 is 1.10 bits per heavy atom. The van der Waals surface area contributed by atoms with Crippen molar-refractivity contribution in [2.24, 2.45) is 4.99 Å². The Hall–Kier alpha value is -2.16. The molecule has 2 aromatic carbocycles. The van der Waals surface area contributed by atoms with Crippen LogP contribution >= 0.6 is 24.0 Å². The maximum atomic E-state index is 14.1. The number of carbonyl (C=O) groups is 1. The minimum absolute atomic E-state index is 0. The zero-order chi connectivity index (χ0) is 20.6. The summed E-state index contributed by atoms with van der Waals surface area (Å²) in [6, 6.07) is 14.4. The van der Waals surface area contributed by atoms with Gasteiger partial charge in [0.1, 0.15) is 5.82 Å². The van der Waals surface area contributed by atoms with E-state index in [1.807, 2.05) is 44.2 Å². The Balaban J connectivity index is 0.00000420. The smallest absolute Gasteiger partial charge is 0.251 e. The number of nitrogens with zero attached hydrogens (tertiary/aromatic N) is 1. The molecule has 0 aliphatic heterocycles. The van der Waals surface area contributed by atoms with E-state index in [-0.39, 0.29) is 41.1 Å². The van der Waals surface area contributed by atoms with Gasteiger partial charge >= 0.3 is 0 Å². The SMILES string of the molecule is CN=C(NCCc1cccc(C(=O)NC)c1)NCC(C)(C)c1ccccc1F.I. The predicted molar refractivity (Wildman–Crippen MR) is 128 cm³/mol. The second-order valence-electron chi connectivity index (χ2n) is 7.25. The first-order valence-electron chi connectivity index (χ1n) is 9.38. The van der Waals surface area contributed by atoms with Crippen molar-refractivity contribution < 1.29 is 9.18 Å². The van der Waals surface area contributed by atoms with Crippen LogP contribution in [-0.2, 0) is 11.8 Å². The summed E-state index contributed by atoms with van der Waals surface area (Å²) in [5.41, 5.74) is 2.00. The van der Waals surface area contributed by atoms with E-state index in [9.17, 15) is 9.18 Å². The van der Waals surface area contributed by atoms with Crippen LogP contribution in [0.15, 0.2) is 53.5 Å². The van der Waals surface area contributed by atoms with Gasteiger partial charge in [-0.05, 0) is 35.7 Å². The number of aliphatic imine (C=N–C) groups is 1. The molecule has 0 spiro atoms. The van der Waals surface area contributed by atoms with Gasteiger partial charge in [-0.25, -0.2) is 4.39 Å². The number of nitrogens with one attached hydrogen (secondary N) is 3. The Kier molecular flexibility index (Phi) is 10.1. The monoisotopic (exact) mass is 512 g/mol. The molecule has 2 rings (SSSR count). The van der Waals surface area contributed by atoms with Crippen molar-refractivity contribution in [2.45, 2.75) is 25.7 Å². The number of hydrogen-bond donors (Lipinski definition) is 3. The summed E-state index contributed by atoms with van der Waals surface area (Å²) in [5.74, 6) is 0.364. The van der Waals surface area contributed by atoms with Crippen molar-refractivity contribution in [3.63, 3.8) is 0 Å². The quantitative estimate of drug-likeness (QED) is 0.303. The van der Waals surface area contributed by atoms with E-state index in [0.29, 0.717) is 30.2 Å². The highest BCUT2D eigenvalue weighted by Crippen LogP contribution is 2.24. The van der Waals surface area contributed by atoms with Crippen molar-refractivity contribution >= 4 is 35.8 Å². The lowest BCUT2D eigenvalue weighted by Gasteiger charge is -2.27. The van der Waals surface area contributed by atoms with E-state index in [2.05, 4.69) is 20.9 Å². The van der Waals surface area contributed by atoms with Crippen LogP contribution in [0, 0.1) is 5.82 Å². The molecule has 5 nitrogen and oxygen atoms in total. The largest absolute Gasteiger partial charge is 0.356 e. The molecule has 0 atom stereocenters. The number of carbonyl (C=O) groups excluding carboxylic acids is 1. The molecule has 29 heavy (non-hydrogen) atoms. The molecular formula is C22H30FIN4O. The van der Waals surface area contributed by atoms with Crippen molar-refractivity contribution in [2.75, 3.05) is 27.2 Å². The molecule has 0 saturated carbocycles. The highest BCUT2D eigenvalue weighted by molar-refractivity contribution is 14.0. The molecule has 0 bridgehead atoms. The number of rotatable bonds is 7. The highest BCUT2D eigenvalue weighted by Gasteiger charge is 2.24. The lowest BCUT2D eigenvalue weighted by molar-refractivity contribution is 0.0963. The van der Waals surface area contributed by atoms with Gasteiger partial charge in [-0.2, -0.15) is 0 Å². The highest BCUT2D eigenvalue weighted by atomic mass is 127. The molecular weight excluding hydrogens is 482 g/mol. The average Bonchev–Trinajstić information content (AvgIpc) is 2.70. The van der Waals surface area contributed by atoms with Gasteiger partial charge in [0.15, 0.2) is 5.96 Å². The molecule has 0 saturated heterocycles. The first-order valence-corrected chi connectivity index (χ1v) is 9.38. The van der Waals surface area contributed by atoms with Gasteiger partial charge in [0.2, 0.25) is 0 Å². The third-order valence-electron chi connectivity index (χ3n) is 4.65. The minimum atomic E-state index is -0.384. The molecule has 7 heteroatoms. The second kappa shape index (κ2) is 11.7. The molecule has 0 aliphatic carbocycles. The zero-order valence-corrected chi connectivity index (χ0v) is 19.7. The molecule has 1 amide bonds. The zero-order valence-electron chi connectivity index (χ0n) is 17.4. The normalized spacial score (nSPS) is 11.4. The van der Waals surface area contributed by atoms with Crippen molar-refractivity contribution in [1.29, 1.82) is 0 Å². The maximum absolute atomic E-state index is 14.1. The van der Waals surface area contributed by atoms with Crippen LogP contribution < -0.4 is 16.0 Å². The molecule has 0 radical (unpaired) electrons. The Labute approximate surface area is 189 Å². The molecule has 0 unspecified atom stereocenters. The fourth-order valence-electron chi connectivity index (χ4n) is 2.97. The van der Waals surface area contributed by atoms with E-state index in [4.69, 9.17) is 0 Å². The van der Waals surface area contributed by atoms with Crippen LogP contribution in [0.5, 0.6) is 0 Å². The van der Waals surface area contributed by atoms with Crippen LogP contribution in [0.3, 0.4) is 0 Å². The van der Waals surface area contributed by atoms with E-state index in [1.54, 1.807) is 26.2 Å². The average molecular weight is 512 g/mol. The molecule has 3 N–H and O–H groups in total. The van der Waals surface area contributed by atoms with Gasteiger partial charge in [-0.3, -0.25) is 9.79 Å². The van der Waals surface area contributed by atoms with E-state index >= 15 is 0 Å². The molecule has 158 valence electrons.